The maximum absolute atomic E-state index is 13.6. The van der Waals surface area contributed by atoms with Gasteiger partial charge in [-0.3, -0.25) is 9.59 Å². The molecule has 0 aliphatic carbocycles. The first kappa shape index (κ1) is 30.8. The Balaban J connectivity index is 1.29. The summed E-state index contributed by atoms with van der Waals surface area (Å²) < 4.78 is 19.1. The van der Waals surface area contributed by atoms with Crippen LogP contribution in [0.3, 0.4) is 0 Å². The number of halogens is 1. The van der Waals surface area contributed by atoms with Crippen LogP contribution in [0, 0.1) is 11.7 Å². The predicted octanol–water partition coefficient (Wildman–Crippen LogP) is 7.65. The second kappa shape index (κ2) is 15.2. The van der Waals surface area contributed by atoms with Crippen molar-refractivity contribution in [2.24, 2.45) is 5.92 Å². The number of anilines is 2. The lowest BCUT2D eigenvalue weighted by Crippen LogP contribution is -2.36. The molecule has 0 spiro atoms. The molecule has 6 nitrogen and oxygen atoms in total. The highest BCUT2D eigenvalue weighted by Gasteiger charge is 2.24. The molecule has 4 aromatic rings. The topological polar surface area (TPSA) is 70.7 Å². The smallest absolute Gasteiger partial charge is 0.255 e. The Morgan fingerprint density at radius 1 is 0.864 bits per heavy atom. The molecule has 0 radical (unpaired) electrons. The fourth-order valence-corrected chi connectivity index (χ4v) is 5.52. The molecule has 2 amide bonds. The molecule has 2 N–H and O–H groups in total. The van der Waals surface area contributed by atoms with Gasteiger partial charge in [-0.15, -0.1) is 0 Å². The Bertz CT molecular complexity index is 1520. The third-order valence-corrected chi connectivity index (χ3v) is 8.07. The first-order valence-electron chi connectivity index (χ1n) is 15.5. The van der Waals surface area contributed by atoms with Crippen LogP contribution in [0.5, 0.6) is 5.75 Å². The van der Waals surface area contributed by atoms with Gasteiger partial charge < -0.3 is 20.3 Å². The molecule has 0 bridgehead atoms. The van der Waals surface area contributed by atoms with Gasteiger partial charge in [-0.2, -0.15) is 0 Å². The van der Waals surface area contributed by atoms with Crippen molar-refractivity contribution in [3.63, 3.8) is 0 Å². The number of hydrogen-bond donors (Lipinski definition) is 2. The molecule has 1 aliphatic rings. The van der Waals surface area contributed by atoms with E-state index < -0.39 is 0 Å². The second-order valence-electron chi connectivity index (χ2n) is 11.3. The maximum atomic E-state index is 13.6. The summed E-state index contributed by atoms with van der Waals surface area (Å²) in [4.78, 5) is 28.9. The van der Waals surface area contributed by atoms with Crippen molar-refractivity contribution in [2.75, 3.05) is 29.9 Å². The molecular formula is C37H40FN3O3. The summed E-state index contributed by atoms with van der Waals surface area (Å²) in [6.45, 7) is 4.70. The lowest BCUT2D eigenvalue weighted by molar-refractivity contribution is 0.0950. The van der Waals surface area contributed by atoms with E-state index in [-0.39, 0.29) is 24.2 Å². The summed E-state index contributed by atoms with van der Waals surface area (Å²) in [5, 5.41) is 5.93. The van der Waals surface area contributed by atoms with E-state index in [1.54, 1.807) is 42.5 Å². The molecule has 228 valence electrons. The monoisotopic (exact) mass is 593 g/mol. The molecule has 0 aromatic heterocycles. The zero-order valence-electron chi connectivity index (χ0n) is 25.2. The van der Waals surface area contributed by atoms with E-state index in [2.05, 4.69) is 46.7 Å². The number of amides is 2. The van der Waals surface area contributed by atoms with Gasteiger partial charge in [0.2, 0.25) is 0 Å². The van der Waals surface area contributed by atoms with Crippen LogP contribution in [0.15, 0.2) is 97.1 Å². The number of carbonyl (C=O) groups is 2. The molecule has 0 atom stereocenters. The van der Waals surface area contributed by atoms with E-state index >= 15 is 0 Å². The van der Waals surface area contributed by atoms with E-state index in [0.717, 1.165) is 62.2 Å². The molecule has 44 heavy (non-hydrogen) atoms. The van der Waals surface area contributed by atoms with E-state index in [0.29, 0.717) is 29.3 Å². The zero-order valence-corrected chi connectivity index (χ0v) is 25.2. The normalized spacial score (nSPS) is 13.4. The quantitative estimate of drug-likeness (QED) is 0.166. The zero-order chi connectivity index (χ0) is 30.7. The van der Waals surface area contributed by atoms with Crippen LogP contribution in [-0.4, -0.2) is 31.5 Å². The van der Waals surface area contributed by atoms with Gasteiger partial charge in [-0.05, 0) is 97.3 Å². The van der Waals surface area contributed by atoms with E-state index in [1.165, 1.54) is 17.7 Å². The Morgan fingerprint density at radius 2 is 1.59 bits per heavy atom. The van der Waals surface area contributed by atoms with Crippen LogP contribution < -0.4 is 20.3 Å². The molecule has 1 heterocycles. The van der Waals surface area contributed by atoms with Crippen molar-refractivity contribution in [1.82, 2.24) is 5.32 Å². The average molecular weight is 594 g/mol. The number of unbranched alkanes of at least 4 members (excludes halogenated alkanes) is 1. The van der Waals surface area contributed by atoms with E-state index in [4.69, 9.17) is 4.74 Å². The molecular weight excluding hydrogens is 553 g/mol. The largest absolute Gasteiger partial charge is 0.494 e. The summed E-state index contributed by atoms with van der Waals surface area (Å²) in [5.74, 6) is 0.483. The average Bonchev–Trinajstić information content (AvgIpc) is 3.05. The van der Waals surface area contributed by atoms with Crippen LogP contribution in [-0.2, 0) is 13.0 Å². The van der Waals surface area contributed by atoms with E-state index in [1.807, 2.05) is 18.2 Å². The van der Waals surface area contributed by atoms with Gasteiger partial charge in [0.15, 0.2) is 0 Å². The van der Waals surface area contributed by atoms with E-state index in [9.17, 15) is 14.0 Å². The number of nitrogens with one attached hydrogen (secondary N) is 2. The van der Waals surface area contributed by atoms with Crippen molar-refractivity contribution in [1.29, 1.82) is 0 Å². The molecule has 4 aromatic carbocycles. The lowest BCUT2D eigenvalue weighted by Gasteiger charge is -2.35. The third-order valence-electron chi connectivity index (χ3n) is 8.07. The molecule has 1 fully saturated rings. The molecule has 0 saturated carbocycles. The fraction of sp³-hybridized carbons (Fsp3) is 0.297. The van der Waals surface area contributed by atoms with Crippen LogP contribution in [0.1, 0.15) is 64.4 Å². The summed E-state index contributed by atoms with van der Waals surface area (Å²) in [5.41, 5.74) is 4.52. The van der Waals surface area contributed by atoms with Crippen molar-refractivity contribution >= 4 is 23.2 Å². The SMILES string of the molecule is CCCCOc1ccc(C(=O)Nc2ccc(N3CCC(Cc4ccccc4)CC3)c(C(=O)NCc3ccc(F)cc3)c2)cc1. The molecule has 0 unspecified atom stereocenters. The van der Waals surface area contributed by atoms with Crippen LogP contribution in [0.4, 0.5) is 15.8 Å². The maximum Gasteiger partial charge on any atom is 0.255 e. The minimum Gasteiger partial charge on any atom is -0.494 e. The summed E-state index contributed by atoms with van der Waals surface area (Å²) >= 11 is 0. The Morgan fingerprint density at radius 3 is 2.30 bits per heavy atom. The first-order chi connectivity index (χ1) is 21.5. The number of rotatable bonds is 12. The summed E-state index contributed by atoms with van der Waals surface area (Å²) in [7, 11) is 0. The summed E-state index contributed by atoms with van der Waals surface area (Å²) in [6.07, 6.45) is 5.14. The van der Waals surface area contributed by atoms with Gasteiger partial charge in [-0.1, -0.05) is 55.8 Å². The van der Waals surface area contributed by atoms with Crippen molar-refractivity contribution in [3.05, 3.63) is 125 Å². The molecule has 5 rings (SSSR count). The molecule has 7 heteroatoms. The highest BCUT2D eigenvalue weighted by Crippen LogP contribution is 2.30. The number of nitrogens with zero attached hydrogens (tertiary/aromatic N) is 1. The highest BCUT2D eigenvalue weighted by molar-refractivity contribution is 6.06. The van der Waals surface area contributed by atoms with Crippen molar-refractivity contribution in [2.45, 2.75) is 45.6 Å². The highest BCUT2D eigenvalue weighted by atomic mass is 19.1. The number of carbonyl (C=O) groups excluding carboxylic acids is 2. The second-order valence-corrected chi connectivity index (χ2v) is 11.3. The minimum atomic E-state index is -0.319. The predicted molar refractivity (Wildman–Crippen MR) is 174 cm³/mol. The minimum absolute atomic E-state index is 0.250. The Kier molecular flexibility index (Phi) is 10.6. The number of benzene rings is 4. The fourth-order valence-electron chi connectivity index (χ4n) is 5.52. The summed E-state index contributed by atoms with van der Waals surface area (Å²) in [6, 6.07) is 29.2. The van der Waals surface area contributed by atoms with Gasteiger partial charge in [0.1, 0.15) is 11.6 Å². The Labute approximate surface area is 259 Å². The molecule has 1 aliphatic heterocycles. The first-order valence-corrected chi connectivity index (χ1v) is 15.5. The lowest BCUT2D eigenvalue weighted by atomic mass is 9.89. The third kappa shape index (κ3) is 8.47. The van der Waals surface area contributed by atoms with Gasteiger partial charge in [0.25, 0.3) is 11.8 Å². The van der Waals surface area contributed by atoms with Gasteiger partial charge in [0, 0.05) is 36.6 Å². The van der Waals surface area contributed by atoms with Crippen LogP contribution in [0.25, 0.3) is 0 Å². The Hall–Kier alpha value is -4.65. The van der Waals surface area contributed by atoms with Gasteiger partial charge in [-0.25, -0.2) is 4.39 Å². The number of ether oxygens (including phenoxy) is 1. The van der Waals surface area contributed by atoms with Crippen LogP contribution >= 0.6 is 0 Å². The number of piperidine rings is 1. The van der Waals surface area contributed by atoms with Gasteiger partial charge in [0.05, 0.1) is 12.2 Å². The van der Waals surface area contributed by atoms with Crippen LogP contribution in [0.2, 0.25) is 0 Å². The van der Waals surface area contributed by atoms with Crippen molar-refractivity contribution < 1.29 is 18.7 Å². The van der Waals surface area contributed by atoms with Crippen molar-refractivity contribution in [3.8, 4) is 5.75 Å². The standard InChI is InChI=1S/C37H40FN3O3/c1-2-3-23-44-33-16-11-30(12-17-33)36(42)40-32-15-18-35(34(25-32)37(43)39-26-29-9-13-31(38)14-10-29)41-21-19-28(20-22-41)24-27-7-5-4-6-8-27/h4-18,25,28H,2-3,19-24,26H2,1H3,(H,39,43)(H,40,42). The molecule has 1 saturated heterocycles. The van der Waals surface area contributed by atoms with Gasteiger partial charge >= 0.3 is 0 Å². The number of hydrogen-bond acceptors (Lipinski definition) is 4.